The number of rotatable bonds is 8. The molecule has 3 aromatic carbocycles. The maximum atomic E-state index is 12.5. The minimum absolute atomic E-state index is 0.0229. The van der Waals surface area contributed by atoms with E-state index in [9.17, 15) is 9.59 Å². The number of hydrogen-bond acceptors (Lipinski definition) is 4. The van der Waals surface area contributed by atoms with Gasteiger partial charge in [-0.2, -0.15) is 0 Å². The summed E-state index contributed by atoms with van der Waals surface area (Å²) >= 11 is 0. The second-order valence-corrected chi connectivity index (χ2v) is 7.11. The number of nitrogens with two attached hydrogens (primary N) is 1. The topological polar surface area (TPSA) is 120 Å². The van der Waals surface area contributed by atoms with Gasteiger partial charge in [0.2, 0.25) is 5.91 Å². The molecule has 0 fully saturated rings. The molecular formula is C24H25N5O2. The van der Waals surface area contributed by atoms with Crippen molar-refractivity contribution >= 4 is 29.0 Å². The molecule has 0 spiro atoms. The van der Waals surface area contributed by atoms with Crippen LogP contribution < -0.4 is 21.7 Å². The van der Waals surface area contributed by atoms with Gasteiger partial charge in [-0.3, -0.25) is 15.0 Å². The number of carbonyl (C=O) groups is 2. The molecule has 31 heavy (non-hydrogen) atoms. The van der Waals surface area contributed by atoms with Crippen molar-refractivity contribution in [2.75, 3.05) is 17.2 Å². The molecule has 0 heterocycles. The number of anilines is 2. The highest BCUT2D eigenvalue weighted by atomic mass is 16.2. The van der Waals surface area contributed by atoms with Crippen LogP contribution in [0.2, 0.25) is 0 Å². The van der Waals surface area contributed by atoms with Gasteiger partial charge >= 0.3 is 0 Å². The van der Waals surface area contributed by atoms with Crippen LogP contribution in [0.3, 0.4) is 0 Å². The molecule has 0 atom stereocenters. The number of benzene rings is 3. The summed E-state index contributed by atoms with van der Waals surface area (Å²) in [7, 11) is 0. The molecule has 3 aromatic rings. The summed E-state index contributed by atoms with van der Waals surface area (Å²) in [4.78, 5) is 24.8. The lowest BCUT2D eigenvalue weighted by molar-refractivity contribution is -0.114. The highest BCUT2D eigenvalue weighted by Gasteiger charge is 2.11. The SMILES string of the molecule is Cc1cccc(C(=O)NCc2ccc(C(=N)N)cc2NCC(=O)Nc2ccccc2)c1. The van der Waals surface area contributed by atoms with Crippen molar-refractivity contribution in [1.82, 2.24) is 5.32 Å². The molecule has 7 nitrogen and oxygen atoms in total. The molecule has 0 unspecified atom stereocenters. The molecule has 3 rings (SSSR count). The summed E-state index contributed by atoms with van der Waals surface area (Å²) < 4.78 is 0. The maximum absolute atomic E-state index is 12.5. The van der Waals surface area contributed by atoms with E-state index in [2.05, 4.69) is 16.0 Å². The Bertz CT molecular complexity index is 1100. The Morgan fingerprint density at radius 2 is 1.71 bits per heavy atom. The Morgan fingerprint density at radius 1 is 0.935 bits per heavy atom. The molecule has 0 saturated carbocycles. The fourth-order valence-electron chi connectivity index (χ4n) is 3.03. The van der Waals surface area contributed by atoms with Crippen molar-refractivity contribution in [3.8, 4) is 0 Å². The largest absolute Gasteiger partial charge is 0.384 e. The predicted octanol–water partition coefficient (Wildman–Crippen LogP) is 3.26. The zero-order chi connectivity index (χ0) is 22.2. The van der Waals surface area contributed by atoms with Crippen molar-refractivity contribution in [1.29, 1.82) is 5.41 Å². The van der Waals surface area contributed by atoms with Crippen LogP contribution in [-0.2, 0) is 11.3 Å². The molecule has 158 valence electrons. The third-order valence-corrected chi connectivity index (χ3v) is 4.64. The standard InChI is InChI=1S/C24H25N5O2/c1-16-6-5-7-18(12-16)24(31)28-14-19-11-10-17(23(25)26)13-21(19)27-15-22(30)29-20-8-3-2-4-9-20/h2-13,27H,14-15H2,1H3,(H3,25,26)(H,28,31)(H,29,30). The zero-order valence-electron chi connectivity index (χ0n) is 17.2. The van der Waals surface area contributed by atoms with E-state index in [1.165, 1.54) is 0 Å². The van der Waals surface area contributed by atoms with Gasteiger partial charge in [0.05, 0.1) is 6.54 Å². The van der Waals surface area contributed by atoms with E-state index in [0.29, 0.717) is 22.5 Å². The van der Waals surface area contributed by atoms with Gasteiger partial charge in [0.25, 0.3) is 5.91 Å². The summed E-state index contributed by atoms with van der Waals surface area (Å²) in [6, 6.07) is 21.7. The average molecular weight is 415 g/mol. The Hall–Kier alpha value is -4.13. The summed E-state index contributed by atoms with van der Waals surface area (Å²) in [5, 5.41) is 16.5. The summed E-state index contributed by atoms with van der Waals surface area (Å²) in [5.41, 5.74) is 9.83. The minimum atomic E-state index is -0.214. The first kappa shape index (κ1) is 21.6. The van der Waals surface area contributed by atoms with Crippen molar-refractivity contribution < 1.29 is 9.59 Å². The van der Waals surface area contributed by atoms with Gasteiger partial charge in [-0.1, -0.05) is 48.0 Å². The van der Waals surface area contributed by atoms with Gasteiger partial charge in [0.15, 0.2) is 0 Å². The van der Waals surface area contributed by atoms with E-state index < -0.39 is 0 Å². The van der Waals surface area contributed by atoms with Gasteiger partial charge in [-0.25, -0.2) is 0 Å². The van der Waals surface area contributed by atoms with Crippen LogP contribution in [0, 0.1) is 12.3 Å². The first-order valence-electron chi connectivity index (χ1n) is 9.83. The molecule has 0 aromatic heterocycles. The van der Waals surface area contributed by atoms with E-state index in [0.717, 1.165) is 11.1 Å². The van der Waals surface area contributed by atoms with Gasteiger partial charge in [0.1, 0.15) is 5.84 Å². The molecule has 0 aliphatic heterocycles. The fourth-order valence-corrected chi connectivity index (χ4v) is 3.03. The Morgan fingerprint density at radius 3 is 2.42 bits per heavy atom. The highest BCUT2D eigenvalue weighted by Crippen LogP contribution is 2.18. The normalized spacial score (nSPS) is 10.2. The van der Waals surface area contributed by atoms with E-state index in [1.54, 1.807) is 36.4 Å². The van der Waals surface area contributed by atoms with Crippen LogP contribution in [-0.4, -0.2) is 24.2 Å². The van der Waals surface area contributed by atoms with Gasteiger partial charge in [-0.15, -0.1) is 0 Å². The fraction of sp³-hybridized carbons (Fsp3) is 0.125. The Balaban J connectivity index is 1.69. The first-order chi connectivity index (χ1) is 14.9. The lowest BCUT2D eigenvalue weighted by Crippen LogP contribution is -2.25. The summed E-state index contributed by atoms with van der Waals surface area (Å²) in [5.74, 6) is -0.478. The van der Waals surface area contributed by atoms with Gasteiger partial charge < -0.3 is 21.7 Å². The zero-order valence-corrected chi connectivity index (χ0v) is 17.2. The second-order valence-electron chi connectivity index (χ2n) is 7.11. The quantitative estimate of drug-likeness (QED) is 0.286. The van der Waals surface area contributed by atoms with E-state index in [4.69, 9.17) is 11.1 Å². The molecule has 6 N–H and O–H groups in total. The number of amidine groups is 1. The van der Waals surface area contributed by atoms with Crippen molar-refractivity contribution in [2.45, 2.75) is 13.5 Å². The number of hydrogen-bond donors (Lipinski definition) is 5. The number of nitrogens with one attached hydrogen (secondary N) is 4. The maximum Gasteiger partial charge on any atom is 0.251 e. The van der Waals surface area contributed by atoms with Crippen LogP contribution in [0.25, 0.3) is 0 Å². The third kappa shape index (κ3) is 6.17. The highest BCUT2D eigenvalue weighted by molar-refractivity contribution is 5.97. The van der Waals surface area contributed by atoms with Crippen LogP contribution in [0.5, 0.6) is 0 Å². The number of amides is 2. The predicted molar refractivity (Wildman–Crippen MR) is 123 cm³/mol. The lowest BCUT2D eigenvalue weighted by Gasteiger charge is -2.15. The van der Waals surface area contributed by atoms with Crippen LogP contribution in [0.15, 0.2) is 72.8 Å². The molecular weight excluding hydrogens is 390 g/mol. The van der Waals surface area contributed by atoms with Crippen LogP contribution in [0.1, 0.15) is 27.0 Å². The lowest BCUT2D eigenvalue weighted by atomic mass is 10.1. The summed E-state index contributed by atoms with van der Waals surface area (Å²) in [6.45, 7) is 2.21. The summed E-state index contributed by atoms with van der Waals surface area (Å²) in [6.07, 6.45) is 0. The Kier molecular flexibility index (Phi) is 7.01. The third-order valence-electron chi connectivity index (χ3n) is 4.64. The Labute approximate surface area is 181 Å². The van der Waals surface area contributed by atoms with Crippen molar-refractivity contribution in [3.63, 3.8) is 0 Å². The van der Waals surface area contributed by atoms with E-state index in [-0.39, 0.29) is 30.7 Å². The molecule has 0 saturated heterocycles. The van der Waals surface area contributed by atoms with Gasteiger partial charge in [-0.05, 0) is 42.8 Å². The first-order valence-corrected chi connectivity index (χ1v) is 9.83. The monoisotopic (exact) mass is 415 g/mol. The van der Waals surface area contributed by atoms with Crippen LogP contribution >= 0.6 is 0 Å². The van der Waals surface area contributed by atoms with E-state index in [1.807, 2.05) is 43.3 Å². The molecule has 2 amide bonds. The minimum Gasteiger partial charge on any atom is -0.384 e. The number of aryl methyl sites for hydroxylation is 1. The molecule has 0 radical (unpaired) electrons. The van der Waals surface area contributed by atoms with E-state index >= 15 is 0 Å². The average Bonchev–Trinajstić information content (AvgIpc) is 2.77. The molecule has 0 bridgehead atoms. The number of carbonyl (C=O) groups excluding carboxylic acids is 2. The smallest absolute Gasteiger partial charge is 0.251 e. The molecule has 0 aliphatic carbocycles. The molecule has 0 aliphatic rings. The number of para-hydroxylation sites is 1. The second kappa shape index (κ2) is 10.1. The van der Waals surface area contributed by atoms with Crippen molar-refractivity contribution in [2.24, 2.45) is 5.73 Å². The number of nitrogen functional groups attached to an aromatic ring is 1. The van der Waals surface area contributed by atoms with Crippen LogP contribution in [0.4, 0.5) is 11.4 Å². The van der Waals surface area contributed by atoms with Crippen molar-refractivity contribution in [3.05, 3.63) is 95.1 Å². The van der Waals surface area contributed by atoms with Gasteiger partial charge in [0, 0.05) is 29.0 Å². The molecule has 7 heteroatoms.